The molecule has 0 bridgehead atoms. The summed E-state index contributed by atoms with van der Waals surface area (Å²) < 4.78 is 9.58. The first kappa shape index (κ1) is 19.4. The fourth-order valence-corrected chi connectivity index (χ4v) is 4.23. The van der Waals surface area contributed by atoms with E-state index in [1.54, 1.807) is 28.8 Å². The van der Waals surface area contributed by atoms with Gasteiger partial charge in [-0.3, -0.25) is 18.6 Å². The Kier molecular flexibility index (Phi) is 5.23. The first-order chi connectivity index (χ1) is 14.0. The van der Waals surface area contributed by atoms with E-state index >= 15 is 0 Å². The number of nitrogens with zero attached hydrogens (tertiary/aromatic N) is 5. The van der Waals surface area contributed by atoms with Gasteiger partial charge in [-0.15, -0.1) is 21.5 Å². The molecule has 4 rings (SSSR count). The normalized spacial score (nSPS) is 11.7. The molecular weight excluding hydrogens is 390 g/mol. The van der Waals surface area contributed by atoms with Crippen LogP contribution in [0.2, 0.25) is 0 Å². The largest absolute Gasteiger partial charge is 0.467 e. The molecule has 0 aliphatic rings. The Morgan fingerprint density at radius 2 is 2.14 bits per heavy atom. The quantitative estimate of drug-likeness (QED) is 0.465. The number of thiophene rings is 1. The maximum Gasteiger partial charge on any atom is 0.272 e. The van der Waals surface area contributed by atoms with Crippen molar-refractivity contribution in [2.45, 2.75) is 39.8 Å². The molecule has 152 valence electrons. The van der Waals surface area contributed by atoms with E-state index in [0.29, 0.717) is 48.2 Å². The van der Waals surface area contributed by atoms with Crippen molar-refractivity contribution >= 4 is 33.2 Å². The molecule has 0 radical (unpaired) electrons. The standard InChI is InChI=1S/C20H23N5O3S/c1-13(2)11-24-19(27)18-15(8-10-29-18)25-16(21-22-20(24)25)6-7-17(26)23(3)12-14-5-4-9-28-14/h4-5,8-10,13H,6-7,11-12H2,1-3H3. The third-order valence-corrected chi connectivity index (χ3v) is 5.68. The smallest absolute Gasteiger partial charge is 0.272 e. The van der Waals surface area contributed by atoms with Gasteiger partial charge in [0.1, 0.15) is 16.3 Å². The number of aromatic nitrogens is 4. The van der Waals surface area contributed by atoms with Gasteiger partial charge in [0.05, 0.1) is 18.3 Å². The number of rotatable bonds is 7. The third-order valence-electron chi connectivity index (χ3n) is 4.79. The number of carbonyl (C=O) groups excluding carboxylic acids is 1. The molecule has 0 N–H and O–H groups in total. The van der Waals surface area contributed by atoms with E-state index in [1.807, 2.05) is 21.9 Å². The minimum Gasteiger partial charge on any atom is -0.467 e. The van der Waals surface area contributed by atoms with Crippen molar-refractivity contribution in [3.05, 3.63) is 51.8 Å². The van der Waals surface area contributed by atoms with Gasteiger partial charge in [-0.05, 0) is 29.5 Å². The molecule has 0 aromatic carbocycles. The summed E-state index contributed by atoms with van der Waals surface area (Å²) in [7, 11) is 1.75. The Balaban J connectivity index is 1.62. The van der Waals surface area contributed by atoms with Crippen LogP contribution in [0.5, 0.6) is 0 Å². The van der Waals surface area contributed by atoms with Crippen LogP contribution >= 0.6 is 11.3 Å². The number of hydrogen-bond donors (Lipinski definition) is 0. The Labute approximate surface area is 171 Å². The summed E-state index contributed by atoms with van der Waals surface area (Å²) in [5.41, 5.74) is 0.760. The molecule has 0 fully saturated rings. The number of hydrogen-bond acceptors (Lipinski definition) is 6. The van der Waals surface area contributed by atoms with Gasteiger partial charge < -0.3 is 9.32 Å². The highest BCUT2D eigenvalue weighted by Gasteiger charge is 2.19. The van der Waals surface area contributed by atoms with Gasteiger partial charge in [0.2, 0.25) is 11.7 Å². The lowest BCUT2D eigenvalue weighted by molar-refractivity contribution is -0.130. The maximum atomic E-state index is 12.9. The van der Waals surface area contributed by atoms with Crippen molar-refractivity contribution in [2.24, 2.45) is 5.92 Å². The average molecular weight is 414 g/mol. The topological polar surface area (TPSA) is 85.6 Å². The molecular formula is C20H23N5O3S. The second kappa shape index (κ2) is 7.82. The highest BCUT2D eigenvalue weighted by atomic mass is 32.1. The Hall–Kier alpha value is -2.94. The van der Waals surface area contributed by atoms with Gasteiger partial charge in [0, 0.05) is 26.4 Å². The first-order valence-corrected chi connectivity index (χ1v) is 10.4. The number of aryl methyl sites for hydroxylation is 1. The summed E-state index contributed by atoms with van der Waals surface area (Å²) in [4.78, 5) is 27.1. The van der Waals surface area contributed by atoms with Crippen molar-refractivity contribution in [3.63, 3.8) is 0 Å². The summed E-state index contributed by atoms with van der Waals surface area (Å²) in [6.45, 7) is 5.12. The van der Waals surface area contributed by atoms with E-state index in [2.05, 4.69) is 24.0 Å². The van der Waals surface area contributed by atoms with Crippen LogP contribution in [0.3, 0.4) is 0 Å². The molecule has 0 saturated heterocycles. The highest BCUT2D eigenvalue weighted by Crippen LogP contribution is 2.21. The lowest BCUT2D eigenvalue weighted by atomic mass is 10.2. The molecule has 0 spiro atoms. The summed E-state index contributed by atoms with van der Waals surface area (Å²) in [6.07, 6.45) is 2.33. The minimum absolute atomic E-state index is 0.00443. The monoisotopic (exact) mass is 413 g/mol. The van der Waals surface area contributed by atoms with Crippen molar-refractivity contribution in [3.8, 4) is 0 Å². The molecule has 0 aliphatic carbocycles. The SMILES string of the molecule is CC(C)Cn1c(=O)c2sccc2n2c(CCC(=O)N(C)Cc3ccco3)nnc12. The van der Waals surface area contributed by atoms with Crippen LogP contribution < -0.4 is 5.56 Å². The van der Waals surface area contributed by atoms with Gasteiger partial charge in [-0.25, -0.2) is 0 Å². The molecule has 0 saturated carbocycles. The molecule has 8 nitrogen and oxygen atoms in total. The van der Waals surface area contributed by atoms with E-state index in [4.69, 9.17) is 4.42 Å². The molecule has 0 atom stereocenters. The second-order valence-corrected chi connectivity index (χ2v) is 8.44. The fraction of sp³-hybridized carbons (Fsp3) is 0.400. The maximum absolute atomic E-state index is 12.9. The van der Waals surface area contributed by atoms with Crippen molar-refractivity contribution in [2.75, 3.05) is 7.05 Å². The lowest BCUT2D eigenvalue weighted by Crippen LogP contribution is -2.26. The molecule has 1 amide bonds. The minimum atomic E-state index is -0.0376. The van der Waals surface area contributed by atoms with E-state index in [9.17, 15) is 9.59 Å². The predicted molar refractivity (Wildman–Crippen MR) is 111 cm³/mol. The van der Waals surface area contributed by atoms with Crippen molar-refractivity contribution < 1.29 is 9.21 Å². The van der Waals surface area contributed by atoms with Crippen molar-refractivity contribution in [1.82, 2.24) is 24.1 Å². The van der Waals surface area contributed by atoms with Crippen molar-refractivity contribution in [1.29, 1.82) is 0 Å². The van der Waals surface area contributed by atoms with Gasteiger partial charge in [0.25, 0.3) is 5.56 Å². The van der Waals surface area contributed by atoms with Gasteiger partial charge in [0.15, 0.2) is 0 Å². The Bertz CT molecular complexity index is 1200. The second-order valence-electron chi connectivity index (χ2n) is 7.53. The van der Waals surface area contributed by atoms with E-state index in [-0.39, 0.29) is 11.5 Å². The van der Waals surface area contributed by atoms with Crippen LogP contribution in [0.15, 0.2) is 39.1 Å². The fourth-order valence-electron chi connectivity index (χ4n) is 3.41. The van der Waals surface area contributed by atoms with Gasteiger partial charge in [-0.1, -0.05) is 13.8 Å². The van der Waals surface area contributed by atoms with Crippen LogP contribution in [0.4, 0.5) is 0 Å². The van der Waals surface area contributed by atoms with Crippen LogP contribution in [0, 0.1) is 5.92 Å². The third kappa shape index (κ3) is 3.69. The number of furan rings is 1. The van der Waals surface area contributed by atoms with E-state index in [0.717, 1.165) is 11.3 Å². The molecule has 0 unspecified atom stereocenters. The zero-order chi connectivity index (χ0) is 20.5. The molecule has 4 aromatic heterocycles. The van der Waals surface area contributed by atoms with E-state index < -0.39 is 0 Å². The lowest BCUT2D eigenvalue weighted by Gasteiger charge is -2.15. The number of carbonyl (C=O) groups is 1. The zero-order valence-electron chi connectivity index (χ0n) is 16.7. The number of amides is 1. The molecule has 29 heavy (non-hydrogen) atoms. The van der Waals surface area contributed by atoms with E-state index in [1.165, 1.54) is 11.3 Å². The predicted octanol–water partition coefficient (Wildman–Crippen LogP) is 2.95. The van der Waals surface area contributed by atoms with Gasteiger partial charge in [-0.2, -0.15) is 0 Å². The summed E-state index contributed by atoms with van der Waals surface area (Å²) in [5.74, 6) is 2.24. The van der Waals surface area contributed by atoms with Crippen LogP contribution in [0.1, 0.15) is 31.9 Å². The van der Waals surface area contributed by atoms with Crippen LogP contribution in [-0.4, -0.2) is 37.0 Å². The first-order valence-electron chi connectivity index (χ1n) is 9.56. The number of fused-ring (bicyclic) bond motifs is 3. The van der Waals surface area contributed by atoms with Gasteiger partial charge >= 0.3 is 0 Å². The summed E-state index contributed by atoms with van der Waals surface area (Å²) >= 11 is 1.42. The summed E-state index contributed by atoms with van der Waals surface area (Å²) in [5, 5.41) is 10.5. The molecule has 4 heterocycles. The molecule has 0 aliphatic heterocycles. The average Bonchev–Trinajstić information content (AvgIpc) is 3.42. The van der Waals surface area contributed by atoms with Crippen LogP contribution in [-0.2, 0) is 24.3 Å². The highest BCUT2D eigenvalue weighted by molar-refractivity contribution is 7.17. The van der Waals surface area contributed by atoms with Crippen LogP contribution in [0.25, 0.3) is 16.0 Å². The Morgan fingerprint density at radius 3 is 2.86 bits per heavy atom. The Morgan fingerprint density at radius 1 is 1.31 bits per heavy atom. The summed E-state index contributed by atoms with van der Waals surface area (Å²) in [6, 6.07) is 5.56. The molecule has 4 aromatic rings. The zero-order valence-corrected chi connectivity index (χ0v) is 17.5. The molecule has 9 heteroatoms.